The third-order valence-corrected chi connectivity index (χ3v) is 4.97. The third kappa shape index (κ3) is 38.7. The van der Waals surface area contributed by atoms with Gasteiger partial charge in [0.25, 0.3) is 0 Å². The molecule has 0 saturated heterocycles. The van der Waals surface area contributed by atoms with Crippen LogP contribution in [0.3, 0.4) is 0 Å². The van der Waals surface area contributed by atoms with Crippen LogP contribution < -0.4 is 0 Å². The van der Waals surface area contributed by atoms with Crippen LogP contribution in [0, 0.1) is 0 Å². The molecule has 0 aliphatic rings. The SMILES string of the molecule is CCCCCCCC/C=C\CCCCCCC[CH2][K].O=S(=O)(O)O. The number of unbranched alkanes of at least 4 members (excludes halogenated alkanes) is 12. The number of allylic oxidation sites excluding steroid dienone is 2. The van der Waals surface area contributed by atoms with Crippen molar-refractivity contribution in [3.63, 3.8) is 0 Å². The molecule has 0 radical (unpaired) electrons. The second-order valence-corrected chi connectivity index (χ2v) is 8.84. The molecule has 0 unspecified atom stereocenters. The molecule has 0 saturated carbocycles. The van der Waals surface area contributed by atoms with Crippen LogP contribution >= 0.6 is 0 Å². The zero-order chi connectivity index (χ0) is 18.5. The van der Waals surface area contributed by atoms with Gasteiger partial charge in [-0.05, 0) is 0 Å². The zero-order valence-corrected chi connectivity index (χ0v) is 19.8. The minimum atomic E-state index is -4.67. The fourth-order valence-corrected chi connectivity index (χ4v) is 3.28. The molecule has 0 rings (SSSR count). The minimum Gasteiger partial charge on any atom is -0.264 e. The summed E-state index contributed by atoms with van der Waals surface area (Å²) in [6.07, 6.45) is 24.8. The number of hydrogen-bond acceptors (Lipinski definition) is 2. The molecule has 0 atom stereocenters. The van der Waals surface area contributed by atoms with Gasteiger partial charge in [0, 0.05) is 0 Å². The van der Waals surface area contributed by atoms with Gasteiger partial charge in [-0.1, -0.05) is 39.0 Å². The predicted molar refractivity (Wildman–Crippen MR) is 104 cm³/mol. The van der Waals surface area contributed by atoms with Crippen LogP contribution in [0.2, 0.25) is 0.515 Å². The Balaban J connectivity index is 0. The van der Waals surface area contributed by atoms with Crippen molar-refractivity contribution in [3.8, 4) is 0 Å². The molecule has 0 amide bonds. The first-order valence-electron chi connectivity index (χ1n) is 9.76. The molecule has 0 aromatic rings. The van der Waals surface area contributed by atoms with Crippen LogP contribution in [0.4, 0.5) is 0 Å². The van der Waals surface area contributed by atoms with Gasteiger partial charge in [0.2, 0.25) is 0 Å². The van der Waals surface area contributed by atoms with Gasteiger partial charge < -0.3 is 0 Å². The van der Waals surface area contributed by atoms with Crippen LogP contribution in [0.5, 0.6) is 0 Å². The summed E-state index contributed by atoms with van der Waals surface area (Å²) in [6.45, 7) is 2.29. The molecular formula is C18H37KO4S. The molecule has 6 heteroatoms. The first-order chi connectivity index (χ1) is 11.4. The smallest absolute Gasteiger partial charge is 0.264 e. The monoisotopic (exact) mass is 388 g/mol. The second-order valence-electron chi connectivity index (χ2n) is 6.39. The molecule has 0 aromatic heterocycles. The van der Waals surface area contributed by atoms with Crippen LogP contribution in [0.1, 0.15) is 96.8 Å². The number of rotatable bonds is 15. The van der Waals surface area contributed by atoms with Crippen LogP contribution in [-0.2, 0) is 10.4 Å². The molecule has 0 bridgehead atoms. The van der Waals surface area contributed by atoms with Crippen LogP contribution in [-0.4, -0.2) is 66.5 Å². The van der Waals surface area contributed by atoms with Crippen molar-refractivity contribution < 1.29 is 17.5 Å². The van der Waals surface area contributed by atoms with E-state index in [9.17, 15) is 0 Å². The topological polar surface area (TPSA) is 74.6 Å². The zero-order valence-electron chi connectivity index (χ0n) is 15.9. The summed E-state index contributed by atoms with van der Waals surface area (Å²) in [5.41, 5.74) is 0. The average molecular weight is 389 g/mol. The van der Waals surface area contributed by atoms with E-state index in [2.05, 4.69) is 19.1 Å². The van der Waals surface area contributed by atoms with Crippen molar-refractivity contribution in [3.05, 3.63) is 12.2 Å². The van der Waals surface area contributed by atoms with E-state index >= 15 is 0 Å². The van der Waals surface area contributed by atoms with Gasteiger partial charge in [-0.25, -0.2) is 0 Å². The first-order valence-corrected chi connectivity index (χ1v) is 13.4. The Morgan fingerprint density at radius 1 is 0.708 bits per heavy atom. The van der Waals surface area contributed by atoms with Gasteiger partial charge in [0.15, 0.2) is 0 Å². The van der Waals surface area contributed by atoms with Gasteiger partial charge >= 0.3 is 130 Å². The van der Waals surface area contributed by atoms with E-state index in [1.165, 1.54) is 89.9 Å². The Kier molecular flexibility index (Phi) is 25.5. The van der Waals surface area contributed by atoms with Gasteiger partial charge in [-0.2, -0.15) is 8.42 Å². The Bertz CT molecular complexity index is 348. The first kappa shape index (κ1) is 27.5. The van der Waals surface area contributed by atoms with E-state index in [1.807, 2.05) is 0 Å². The van der Waals surface area contributed by atoms with Crippen molar-refractivity contribution >= 4 is 59.4 Å². The van der Waals surface area contributed by atoms with E-state index in [1.54, 1.807) is 0.515 Å². The Hall–Kier alpha value is 1.25. The molecule has 0 heterocycles. The van der Waals surface area contributed by atoms with Crippen molar-refractivity contribution in [2.45, 2.75) is 97.3 Å². The molecule has 0 fully saturated rings. The molecular weight excluding hydrogens is 351 g/mol. The maximum absolute atomic E-state index is 8.74. The van der Waals surface area contributed by atoms with Crippen molar-refractivity contribution in [2.24, 2.45) is 0 Å². The maximum Gasteiger partial charge on any atom is 0.394 e. The normalized spacial score (nSPS) is 11.5. The molecule has 0 aliphatic heterocycles. The van der Waals surface area contributed by atoms with Crippen LogP contribution in [0.15, 0.2) is 12.2 Å². The largest absolute Gasteiger partial charge is 0.394 e. The summed E-state index contributed by atoms with van der Waals surface area (Å²) in [4.78, 5) is 0. The quantitative estimate of drug-likeness (QED) is 0.157. The second kappa shape index (κ2) is 22.3. The molecule has 0 aromatic carbocycles. The van der Waals surface area contributed by atoms with E-state index < -0.39 is 10.4 Å². The summed E-state index contributed by atoms with van der Waals surface area (Å²) < 4.78 is 33.1. The van der Waals surface area contributed by atoms with Gasteiger partial charge in [0.05, 0.1) is 0 Å². The predicted octanol–water partition coefficient (Wildman–Crippen LogP) is 5.96. The van der Waals surface area contributed by atoms with E-state index in [0.29, 0.717) is 0 Å². The Morgan fingerprint density at radius 2 is 1.04 bits per heavy atom. The van der Waals surface area contributed by atoms with E-state index in [4.69, 9.17) is 17.5 Å². The van der Waals surface area contributed by atoms with Gasteiger partial charge in [0.1, 0.15) is 0 Å². The van der Waals surface area contributed by atoms with Crippen molar-refractivity contribution in [1.29, 1.82) is 0 Å². The van der Waals surface area contributed by atoms with E-state index in [0.717, 1.165) is 49.0 Å². The average Bonchev–Trinajstić information content (AvgIpc) is 2.49. The summed E-state index contributed by atoms with van der Waals surface area (Å²) in [5.74, 6) is 0. The third-order valence-electron chi connectivity index (χ3n) is 3.87. The molecule has 140 valence electrons. The molecule has 2 N–H and O–H groups in total. The fraction of sp³-hybridized carbons (Fsp3) is 0.889. The van der Waals surface area contributed by atoms with E-state index in [-0.39, 0.29) is 0 Å². The minimum absolute atomic E-state index is 1.09. The summed E-state index contributed by atoms with van der Waals surface area (Å²) in [5, 5.41) is 0. The van der Waals surface area contributed by atoms with Gasteiger partial charge in [-0.15, -0.1) is 0 Å². The molecule has 0 aliphatic carbocycles. The summed E-state index contributed by atoms with van der Waals surface area (Å²) in [6, 6.07) is 0. The summed E-state index contributed by atoms with van der Waals surface area (Å²) >= 11 is 1.09. The standard InChI is InChI=1S/C18H35.K.H2O4S/c1-3-5-7-9-11-13-15-17-18-16-14-12-10-8-6-4-2;;1-5(2,3)4/h17-18H,1,3-16H2,2H3;;(H2,1,2,3,4)/b18-17-;;. The Morgan fingerprint density at radius 3 is 1.42 bits per heavy atom. The van der Waals surface area contributed by atoms with Crippen LogP contribution in [0.25, 0.3) is 0 Å². The van der Waals surface area contributed by atoms with Crippen molar-refractivity contribution in [1.82, 2.24) is 0 Å². The number of hydrogen-bond donors (Lipinski definition) is 2. The molecule has 0 spiro atoms. The molecule has 4 nitrogen and oxygen atoms in total. The Labute approximate surface area is 184 Å². The van der Waals surface area contributed by atoms with Gasteiger partial charge in [-0.3, -0.25) is 9.11 Å². The fourth-order valence-electron chi connectivity index (χ4n) is 2.50. The maximum atomic E-state index is 8.74. The van der Waals surface area contributed by atoms with Crippen molar-refractivity contribution in [2.75, 3.05) is 0 Å². The summed E-state index contributed by atoms with van der Waals surface area (Å²) in [7, 11) is -4.67. The molecule has 24 heavy (non-hydrogen) atoms.